The Morgan fingerprint density at radius 1 is 1.29 bits per heavy atom. The lowest BCUT2D eigenvalue weighted by Gasteiger charge is -2.20. The summed E-state index contributed by atoms with van der Waals surface area (Å²) in [6.45, 7) is 7.01. The quantitative estimate of drug-likeness (QED) is 0.898. The van der Waals surface area contributed by atoms with Crippen LogP contribution in [0.5, 0.6) is 5.75 Å². The molecule has 0 spiro atoms. The van der Waals surface area contributed by atoms with E-state index >= 15 is 0 Å². The lowest BCUT2D eigenvalue weighted by Crippen LogP contribution is -2.30. The van der Waals surface area contributed by atoms with Gasteiger partial charge in [0.05, 0.1) is 10.6 Å². The van der Waals surface area contributed by atoms with Gasteiger partial charge in [0.2, 0.25) is 0 Å². The SMILES string of the molecule is CCc1ccc(C(=O)N(CC)CC)c(Cl)c1O. The van der Waals surface area contributed by atoms with E-state index in [1.54, 1.807) is 17.0 Å². The summed E-state index contributed by atoms with van der Waals surface area (Å²) in [4.78, 5) is 13.8. The topological polar surface area (TPSA) is 40.5 Å². The summed E-state index contributed by atoms with van der Waals surface area (Å²) in [5.74, 6) is -0.120. The number of hydrogen-bond acceptors (Lipinski definition) is 2. The van der Waals surface area contributed by atoms with Gasteiger partial charge in [-0.3, -0.25) is 4.79 Å². The lowest BCUT2D eigenvalue weighted by molar-refractivity contribution is 0.0772. The Morgan fingerprint density at radius 2 is 1.88 bits per heavy atom. The number of hydrogen-bond donors (Lipinski definition) is 1. The first kappa shape index (κ1) is 13.8. The molecule has 1 amide bonds. The Balaban J connectivity index is 3.15. The van der Waals surface area contributed by atoms with E-state index in [0.717, 1.165) is 5.56 Å². The Hall–Kier alpha value is -1.22. The number of phenolic OH excluding ortho intramolecular Hbond substituents is 1. The molecular formula is C13H18ClNO2. The average Bonchev–Trinajstić information content (AvgIpc) is 2.34. The number of aryl methyl sites for hydroxylation is 1. The van der Waals surface area contributed by atoms with Crippen LogP contribution in [0.1, 0.15) is 36.7 Å². The summed E-state index contributed by atoms with van der Waals surface area (Å²) in [7, 11) is 0. The number of rotatable bonds is 4. The minimum absolute atomic E-state index is 0.0205. The summed E-state index contributed by atoms with van der Waals surface area (Å²) < 4.78 is 0. The molecule has 0 atom stereocenters. The van der Waals surface area contributed by atoms with Crippen molar-refractivity contribution in [3.05, 3.63) is 28.3 Å². The van der Waals surface area contributed by atoms with Gasteiger partial charge in [-0.25, -0.2) is 0 Å². The fraction of sp³-hybridized carbons (Fsp3) is 0.462. The van der Waals surface area contributed by atoms with E-state index in [0.29, 0.717) is 25.1 Å². The maximum Gasteiger partial charge on any atom is 0.255 e. The van der Waals surface area contributed by atoms with E-state index in [1.165, 1.54) is 0 Å². The van der Waals surface area contributed by atoms with E-state index in [1.807, 2.05) is 20.8 Å². The Kier molecular flexibility index (Phi) is 4.82. The maximum atomic E-state index is 12.1. The minimum atomic E-state index is -0.141. The van der Waals surface area contributed by atoms with E-state index in [4.69, 9.17) is 11.6 Å². The van der Waals surface area contributed by atoms with Crippen LogP contribution in [0.4, 0.5) is 0 Å². The van der Waals surface area contributed by atoms with Crippen LogP contribution in [0, 0.1) is 0 Å². The van der Waals surface area contributed by atoms with Gasteiger partial charge in [0.25, 0.3) is 5.91 Å². The van der Waals surface area contributed by atoms with Gasteiger partial charge in [0.15, 0.2) is 0 Å². The fourth-order valence-electron chi connectivity index (χ4n) is 1.74. The number of carbonyl (C=O) groups is 1. The van der Waals surface area contributed by atoms with Crippen molar-refractivity contribution in [1.29, 1.82) is 0 Å². The third-order valence-corrected chi connectivity index (χ3v) is 3.24. The molecule has 0 aliphatic rings. The first-order valence-electron chi connectivity index (χ1n) is 5.86. The molecule has 0 aromatic heterocycles. The monoisotopic (exact) mass is 255 g/mol. The van der Waals surface area contributed by atoms with Gasteiger partial charge in [-0.1, -0.05) is 24.6 Å². The number of amides is 1. The second-order valence-electron chi connectivity index (χ2n) is 3.77. The van der Waals surface area contributed by atoms with Crippen LogP contribution in [0.3, 0.4) is 0 Å². The van der Waals surface area contributed by atoms with Crippen LogP contribution in [0.25, 0.3) is 0 Å². The molecule has 0 aliphatic heterocycles. The molecule has 17 heavy (non-hydrogen) atoms. The fourth-order valence-corrected chi connectivity index (χ4v) is 2.00. The van der Waals surface area contributed by atoms with Crippen molar-refractivity contribution in [2.24, 2.45) is 0 Å². The largest absolute Gasteiger partial charge is 0.506 e. The number of phenols is 1. The van der Waals surface area contributed by atoms with Crippen molar-refractivity contribution in [3.63, 3.8) is 0 Å². The molecule has 0 bridgehead atoms. The van der Waals surface area contributed by atoms with Gasteiger partial charge in [0, 0.05) is 13.1 Å². The zero-order chi connectivity index (χ0) is 13.0. The molecule has 0 radical (unpaired) electrons. The van der Waals surface area contributed by atoms with Crippen LogP contribution >= 0.6 is 11.6 Å². The average molecular weight is 256 g/mol. The molecule has 1 rings (SSSR count). The van der Waals surface area contributed by atoms with Crippen LogP contribution < -0.4 is 0 Å². The molecule has 0 aliphatic carbocycles. The summed E-state index contributed by atoms with van der Waals surface area (Å²) in [5, 5.41) is 10.0. The molecule has 3 nitrogen and oxygen atoms in total. The molecule has 0 heterocycles. The van der Waals surface area contributed by atoms with E-state index in [-0.39, 0.29) is 16.7 Å². The second-order valence-corrected chi connectivity index (χ2v) is 4.14. The lowest BCUT2D eigenvalue weighted by atomic mass is 10.1. The predicted octanol–water partition coefficient (Wildman–Crippen LogP) is 3.09. The van der Waals surface area contributed by atoms with Crippen LogP contribution in [-0.4, -0.2) is 29.0 Å². The van der Waals surface area contributed by atoms with Crippen molar-refractivity contribution in [1.82, 2.24) is 4.90 Å². The smallest absolute Gasteiger partial charge is 0.255 e. The predicted molar refractivity (Wildman–Crippen MR) is 69.7 cm³/mol. The number of carbonyl (C=O) groups excluding carboxylic acids is 1. The standard InChI is InChI=1S/C13H18ClNO2/c1-4-9-7-8-10(11(14)12(9)16)13(17)15(5-2)6-3/h7-8,16H,4-6H2,1-3H3. The third-order valence-electron chi connectivity index (χ3n) is 2.86. The summed E-state index contributed by atoms with van der Waals surface area (Å²) in [6.07, 6.45) is 0.686. The molecule has 0 unspecified atom stereocenters. The van der Waals surface area contributed by atoms with Gasteiger partial charge in [-0.05, 0) is 31.9 Å². The summed E-state index contributed by atoms with van der Waals surface area (Å²) in [5.41, 5.74) is 1.12. The van der Waals surface area contributed by atoms with E-state index in [2.05, 4.69) is 0 Å². The van der Waals surface area contributed by atoms with Gasteiger partial charge in [0.1, 0.15) is 5.75 Å². The van der Waals surface area contributed by atoms with Crippen molar-refractivity contribution in [2.45, 2.75) is 27.2 Å². The van der Waals surface area contributed by atoms with E-state index < -0.39 is 0 Å². The Bertz CT molecular complexity index is 414. The molecular weight excluding hydrogens is 238 g/mol. The highest BCUT2D eigenvalue weighted by Crippen LogP contribution is 2.32. The van der Waals surface area contributed by atoms with Crippen LogP contribution in [0.15, 0.2) is 12.1 Å². The highest BCUT2D eigenvalue weighted by Gasteiger charge is 2.19. The third kappa shape index (κ3) is 2.72. The summed E-state index contributed by atoms with van der Waals surface area (Å²) >= 11 is 6.03. The number of benzene rings is 1. The van der Waals surface area contributed by atoms with Crippen molar-refractivity contribution < 1.29 is 9.90 Å². The Labute approximate surface area is 107 Å². The van der Waals surface area contributed by atoms with Crippen LogP contribution in [-0.2, 0) is 6.42 Å². The Morgan fingerprint density at radius 3 is 2.35 bits per heavy atom. The first-order chi connectivity index (χ1) is 8.06. The number of nitrogens with zero attached hydrogens (tertiary/aromatic N) is 1. The van der Waals surface area contributed by atoms with Crippen molar-refractivity contribution in [2.75, 3.05) is 13.1 Å². The molecule has 1 aromatic rings. The molecule has 0 fully saturated rings. The number of aromatic hydroxyl groups is 1. The molecule has 0 saturated carbocycles. The normalized spacial score (nSPS) is 10.4. The minimum Gasteiger partial charge on any atom is -0.506 e. The molecule has 4 heteroatoms. The summed E-state index contributed by atoms with van der Waals surface area (Å²) in [6, 6.07) is 3.43. The maximum absolute atomic E-state index is 12.1. The number of halogens is 1. The molecule has 1 N–H and O–H groups in total. The zero-order valence-corrected chi connectivity index (χ0v) is 11.2. The van der Waals surface area contributed by atoms with Gasteiger partial charge in [-0.15, -0.1) is 0 Å². The van der Waals surface area contributed by atoms with Crippen molar-refractivity contribution in [3.8, 4) is 5.75 Å². The van der Waals surface area contributed by atoms with E-state index in [9.17, 15) is 9.90 Å². The van der Waals surface area contributed by atoms with Crippen molar-refractivity contribution >= 4 is 17.5 Å². The second kappa shape index (κ2) is 5.92. The van der Waals surface area contributed by atoms with Crippen LogP contribution in [0.2, 0.25) is 5.02 Å². The van der Waals surface area contributed by atoms with Gasteiger partial charge >= 0.3 is 0 Å². The van der Waals surface area contributed by atoms with Gasteiger partial charge in [-0.2, -0.15) is 0 Å². The van der Waals surface area contributed by atoms with Gasteiger partial charge < -0.3 is 10.0 Å². The molecule has 94 valence electrons. The first-order valence-corrected chi connectivity index (χ1v) is 6.24. The highest BCUT2D eigenvalue weighted by atomic mass is 35.5. The molecule has 0 saturated heterocycles. The molecule has 1 aromatic carbocycles. The zero-order valence-electron chi connectivity index (χ0n) is 10.5. The highest BCUT2D eigenvalue weighted by molar-refractivity contribution is 6.35.